The van der Waals surface area contributed by atoms with Crippen LogP contribution in [0, 0.1) is 11.8 Å². The van der Waals surface area contributed by atoms with Gasteiger partial charge in [-0.2, -0.15) is 0 Å². The van der Waals surface area contributed by atoms with Crippen molar-refractivity contribution in [3.05, 3.63) is 12.7 Å². The van der Waals surface area contributed by atoms with Crippen molar-refractivity contribution in [2.45, 2.75) is 93.3 Å². The fraction of sp³-hybridized carbons (Fsp3) is 0.808. The lowest BCUT2D eigenvalue weighted by Crippen LogP contribution is -2.58. The standard InChI is InChI=1S/C26H39BrN2O6/c1-3-13-28(17-11-7-5-8-12-17)24(32)22-26-16-18(27)21(35-26)19(25(33)34-4-2)20(26)23(31)29(22)14-9-6-10-15-30/h3,17-22,30H,1,4-16H2,2H3/t18?,19-,20+,21-,22-,26+/m1/s1. The summed E-state index contributed by atoms with van der Waals surface area (Å²) in [5, 5.41) is 9.19. The van der Waals surface area contributed by atoms with Crippen LogP contribution in [0.15, 0.2) is 12.7 Å². The number of rotatable bonds is 11. The van der Waals surface area contributed by atoms with E-state index < -0.39 is 35.6 Å². The summed E-state index contributed by atoms with van der Waals surface area (Å²) in [6.07, 6.45) is 9.08. The molecule has 1 saturated carbocycles. The SMILES string of the molecule is C=CCN(C(=O)[C@H]1N(CCCCCO)C(=O)[C@@H]2[C@@H](C(=O)OCC)[C@@H]3O[C@@]21CC3Br)C1CCCCC1. The molecular formula is C26H39BrN2O6. The summed E-state index contributed by atoms with van der Waals surface area (Å²) in [7, 11) is 0. The average Bonchev–Trinajstić information content (AvgIpc) is 3.44. The quantitative estimate of drug-likeness (QED) is 0.182. The Balaban J connectivity index is 1.70. The van der Waals surface area contributed by atoms with Gasteiger partial charge in [0.2, 0.25) is 11.8 Å². The Morgan fingerprint density at radius 3 is 2.69 bits per heavy atom. The number of unbranched alkanes of at least 4 members (excludes halogenated alkanes) is 2. The number of fused-ring (bicyclic) bond motifs is 1. The molecule has 3 aliphatic heterocycles. The first kappa shape index (κ1) is 26.6. The van der Waals surface area contributed by atoms with Gasteiger partial charge in [0.25, 0.3) is 0 Å². The molecule has 35 heavy (non-hydrogen) atoms. The summed E-state index contributed by atoms with van der Waals surface area (Å²) < 4.78 is 11.9. The van der Waals surface area contributed by atoms with Gasteiger partial charge in [0.15, 0.2) is 0 Å². The Bertz CT molecular complexity index is 818. The summed E-state index contributed by atoms with van der Waals surface area (Å²) in [5.74, 6) is -2.15. The lowest BCUT2D eigenvalue weighted by molar-refractivity contribution is -0.155. The molecule has 0 aromatic rings. The number of halogens is 1. The van der Waals surface area contributed by atoms with Crippen molar-refractivity contribution in [2.24, 2.45) is 11.8 Å². The predicted octanol–water partition coefficient (Wildman–Crippen LogP) is 2.81. The van der Waals surface area contributed by atoms with Crippen molar-refractivity contribution in [2.75, 3.05) is 26.3 Å². The molecule has 1 aliphatic carbocycles. The van der Waals surface area contributed by atoms with E-state index in [0.717, 1.165) is 32.1 Å². The number of alkyl halides is 1. The topological polar surface area (TPSA) is 96.4 Å². The number of amides is 2. The van der Waals surface area contributed by atoms with Crippen LogP contribution >= 0.6 is 15.9 Å². The molecule has 1 unspecified atom stereocenters. The normalized spacial score (nSPS) is 34.2. The van der Waals surface area contributed by atoms with Crippen molar-refractivity contribution < 1.29 is 29.0 Å². The zero-order valence-corrected chi connectivity index (χ0v) is 22.3. The second-order valence-electron chi connectivity index (χ2n) is 10.3. The fourth-order valence-electron chi connectivity index (χ4n) is 6.84. The monoisotopic (exact) mass is 554 g/mol. The summed E-state index contributed by atoms with van der Waals surface area (Å²) in [4.78, 5) is 44.7. The van der Waals surface area contributed by atoms with Crippen LogP contribution in [-0.4, -0.2) is 87.6 Å². The second kappa shape index (κ2) is 11.3. The largest absolute Gasteiger partial charge is 0.466 e. The van der Waals surface area contributed by atoms with Crippen LogP contribution in [0.25, 0.3) is 0 Å². The van der Waals surface area contributed by atoms with Crippen LogP contribution in [0.5, 0.6) is 0 Å². The van der Waals surface area contributed by atoms with Gasteiger partial charge in [-0.05, 0) is 45.4 Å². The number of aliphatic hydroxyl groups is 1. The molecule has 8 nitrogen and oxygen atoms in total. The van der Waals surface area contributed by atoms with Crippen LogP contribution in [-0.2, 0) is 23.9 Å². The van der Waals surface area contributed by atoms with Gasteiger partial charge in [-0.1, -0.05) is 41.3 Å². The molecule has 0 aromatic heterocycles. The number of nitrogens with zero attached hydrogens (tertiary/aromatic N) is 2. The van der Waals surface area contributed by atoms with Crippen LogP contribution < -0.4 is 0 Å². The second-order valence-corrected chi connectivity index (χ2v) is 11.5. The minimum Gasteiger partial charge on any atom is -0.466 e. The highest BCUT2D eigenvalue weighted by molar-refractivity contribution is 9.09. The molecule has 196 valence electrons. The first-order valence-electron chi connectivity index (χ1n) is 13.2. The number of aliphatic hydroxyl groups excluding tert-OH is 1. The molecule has 6 atom stereocenters. The first-order valence-corrected chi connectivity index (χ1v) is 14.1. The summed E-state index contributed by atoms with van der Waals surface area (Å²) in [6, 6.07) is -0.657. The van der Waals surface area contributed by atoms with Crippen molar-refractivity contribution in [1.82, 2.24) is 9.80 Å². The van der Waals surface area contributed by atoms with E-state index in [1.165, 1.54) is 6.42 Å². The smallest absolute Gasteiger partial charge is 0.312 e. The Hall–Kier alpha value is -1.45. The van der Waals surface area contributed by atoms with Crippen LogP contribution in [0.2, 0.25) is 0 Å². The lowest BCUT2D eigenvalue weighted by Gasteiger charge is -2.41. The Kier molecular flexibility index (Phi) is 8.59. The zero-order valence-electron chi connectivity index (χ0n) is 20.7. The third kappa shape index (κ3) is 4.68. The molecule has 9 heteroatoms. The van der Waals surface area contributed by atoms with Gasteiger partial charge in [0.1, 0.15) is 11.6 Å². The van der Waals surface area contributed by atoms with Crippen LogP contribution in [0.3, 0.4) is 0 Å². The molecule has 4 fully saturated rings. The molecule has 2 bridgehead atoms. The van der Waals surface area contributed by atoms with Crippen molar-refractivity contribution in [3.8, 4) is 0 Å². The minimum absolute atomic E-state index is 0.0959. The highest BCUT2D eigenvalue weighted by atomic mass is 79.9. The number of carbonyl (C=O) groups is 3. The third-order valence-corrected chi connectivity index (χ3v) is 9.11. The van der Waals surface area contributed by atoms with E-state index in [9.17, 15) is 19.5 Å². The maximum absolute atomic E-state index is 14.3. The van der Waals surface area contributed by atoms with Crippen molar-refractivity contribution >= 4 is 33.7 Å². The molecule has 2 amide bonds. The molecule has 4 rings (SSSR count). The molecule has 4 aliphatic rings. The molecule has 1 N–H and O–H groups in total. The summed E-state index contributed by atoms with van der Waals surface area (Å²) >= 11 is 3.69. The highest BCUT2D eigenvalue weighted by Crippen LogP contribution is 2.60. The zero-order chi connectivity index (χ0) is 25.2. The predicted molar refractivity (Wildman–Crippen MR) is 134 cm³/mol. The summed E-state index contributed by atoms with van der Waals surface area (Å²) in [5.41, 5.74) is -1.05. The molecule has 0 radical (unpaired) electrons. The van der Waals surface area contributed by atoms with Gasteiger partial charge in [0, 0.05) is 30.6 Å². The lowest BCUT2D eigenvalue weighted by atomic mass is 9.70. The van der Waals surface area contributed by atoms with Gasteiger partial charge in [-0.3, -0.25) is 14.4 Å². The fourth-order valence-corrected chi connectivity index (χ4v) is 7.78. The number of hydrogen-bond acceptors (Lipinski definition) is 6. The van der Waals surface area contributed by atoms with E-state index >= 15 is 0 Å². The van der Waals surface area contributed by atoms with Gasteiger partial charge in [-0.15, -0.1) is 6.58 Å². The maximum Gasteiger partial charge on any atom is 0.312 e. The van der Waals surface area contributed by atoms with Crippen LogP contribution in [0.4, 0.5) is 0 Å². The molecule has 3 saturated heterocycles. The van der Waals surface area contributed by atoms with E-state index in [0.29, 0.717) is 32.4 Å². The van der Waals surface area contributed by atoms with E-state index in [2.05, 4.69) is 22.5 Å². The van der Waals surface area contributed by atoms with E-state index in [1.54, 1.807) is 17.9 Å². The number of hydrogen-bond donors (Lipinski definition) is 1. The first-order chi connectivity index (χ1) is 16.9. The number of ether oxygens (including phenoxy) is 2. The Morgan fingerprint density at radius 1 is 1.29 bits per heavy atom. The van der Waals surface area contributed by atoms with Crippen molar-refractivity contribution in [3.63, 3.8) is 0 Å². The number of likely N-dealkylation sites (tertiary alicyclic amines) is 1. The number of esters is 1. The van der Waals surface area contributed by atoms with Gasteiger partial charge in [0.05, 0.1) is 24.5 Å². The maximum atomic E-state index is 14.3. The molecular weight excluding hydrogens is 516 g/mol. The third-order valence-electron chi connectivity index (χ3n) is 8.26. The van der Waals surface area contributed by atoms with Crippen LogP contribution in [0.1, 0.15) is 64.7 Å². The van der Waals surface area contributed by atoms with E-state index in [4.69, 9.17) is 9.47 Å². The molecule has 0 aromatic carbocycles. The number of carbonyl (C=O) groups excluding carboxylic acids is 3. The molecule has 1 spiro atoms. The minimum atomic E-state index is -1.05. The van der Waals surface area contributed by atoms with Gasteiger partial charge < -0.3 is 24.4 Å². The highest BCUT2D eigenvalue weighted by Gasteiger charge is 2.77. The van der Waals surface area contributed by atoms with Gasteiger partial charge in [-0.25, -0.2) is 0 Å². The molecule has 3 heterocycles. The Labute approximate surface area is 216 Å². The van der Waals surface area contributed by atoms with E-state index in [-0.39, 0.29) is 35.9 Å². The van der Waals surface area contributed by atoms with Crippen molar-refractivity contribution in [1.29, 1.82) is 0 Å². The summed E-state index contributed by atoms with van der Waals surface area (Å²) in [6.45, 7) is 6.79. The average molecular weight is 556 g/mol. The van der Waals surface area contributed by atoms with E-state index in [1.807, 2.05) is 4.90 Å². The Morgan fingerprint density at radius 2 is 2.03 bits per heavy atom. The van der Waals surface area contributed by atoms with Gasteiger partial charge >= 0.3 is 5.97 Å².